The average Bonchev–Trinajstić information content (AvgIpc) is 3.26. The van der Waals surface area contributed by atoms with Crippen LogP contribution in [-0.2, 0) is 19.1 Å². The Morgan fingerprint density at radius 2 is 1.17 bits per heavy atom. The van der Waals surface area contributed by atoms with E-state index in [4.69, 9.17) is 25.4 Å². The van der Waals surface area contributed by atoms with Crippen molar-refractivity contribution in [2.75, 3.05) is 39.9 Å². The standard InChI is InChI=1S/C51H74N8O7/c1-33(2)26-30-64-42-24-22-35-16-9-11-18-37(35)44(42)45-38-19-12-10-17-36(38)23-25-43(45)65-31-29-55-47(61)40(20-13-14-27-57-50(63)66-51(5,6)7)59-48(62)41(21-15-28-56-49(53)54-8)58-46(60)39(52)32-34(3)4/h9-12,16-19,22-25,33-34,39-41H,13-15,20-21,26-32,52H2,1-8H3,(H,55,61)(H,57,63)(H,58,60)(H,59,62)(H3,53,54,56)/t39-,40-,41-/m1/s1. The number of nitrogens with two attached hydrogens (primary N) is 1. The Kier molecular flexibility index (Phi) is 20.8. The van der Waals surface area contributed by atoms with Gasteiger partial charge in [0.25, 0.3) is 0 Å². The second-order valence-electron chi connectivity index (χ2n) is 18.5. The van der Waals surface area contributed by atoms with Crippen LogP contribution in [-0.4, -0.2) is 93.4 Å². The molecular formula is C51H74N8O7. The van der Waals surface area contributed by atoms with E-state index in [2.05, 4.69) is 76.1 Å². The van der Waals surface area contributed by atoms with E-state index in [1.165, 1.54) is 0 Å². The number of nitrogens with one attached hydrogen (secondary N) is 7. The van der Waals surface area contributed by atoms with Gasteiger partial charge in [0.2, 0.25) is 17.7 Å². The molecule has 3 atom stereocenters. The van der Waals surface area contributed by atoms with E-state index in [1.807, 2.05) is 56.3 Å². The third-order valence-electron chi connectivity index (χ3n) is 10.8. The molecule has 15 heteroatoms. The van der Waals surface area contributed by atoms with Crippen molar-refractivity contribution in [3.05, 3.63) is 72.8 Å². The van der Waals surface area contributed by atoms with Crippen molar-refractivity contribution in [2.24, 2.45) is 17.6 Å². The van der Waals surface area contributed by atoms with Gasteiger partial charge in [0.1, 0.15) is 35.8 Å². The highest BCUT2D eigenvalue weighted by atomic mass is 16.6. The lowest BCUT2D eigenvalue weighted by Crippen LogP contribution is -2.56. The van der Waals surface area contributed by atoms with E-state index < -0.39 is 47.5 Å². The van der Waals surface area contributed by atoms with Crippen LogP contribution in [0.15, 0.2) is 72.8 Å². The molecule has 0 saturated heterocycles. The molecule has 0 heterocycles. The lowest BCUT2D eigenvalue weighted by Gasteiger charge is -2.25. The quantitative estimate of drug-likeness (QED) is 0.0191. The highest BCUT2D eigenvalue weighted by Crippen LogP contribution is 2.45. The van der Waals surface area contributed by atoms with Gasteiger partial charge in [-0.1, -0.05) is 88.4 Å². The zero-order chi connectivity index (χ0) is 48.2. The Labute approximate surface area is 390 Å². The van der Waals surface area contributed by atoms with Gasteiger partial charge in [-0.05, 0) is 111 Å². The predicted octanol–water partition coefficient (Wildman–Crippen LogP) is 7.14. The van der Waals surface area contributed by atoms with Crippen LogP contribution in [0.5, 0.6) is 11.5 Å². The molecule has 66 heavy (non-hydrogen) atoms. The van der Waals surface area contributed by atoms with Gasteiger partial charge in [0, 0.05) is 31.3 Å². The molecule has 4 rings (SSSR count). The molecule has 360 valence electrons. The molecule has 0 unspecified atom stereocenters. The van der Waals surface area contributed by atoms with Crippen LogP contribution < -0.4 is 47.1 Å². The Morgan fingerprint density at radius 3 is 1.74 bits per heavy atom. The minimum atomic E-state index is -0.992. The zero-order valence-corrected chi connectivity index (χ0v) is 40.2. The van der Waals surface area contributed by atoms with Crippen LogP contribution in [0.1, 0.15) is 93.4 Å². The van der Waals surface area contributed by atoms with Crippen molar-refractivity contribution >= 4 is 51.3 Å². The maximum Gasteiger partial charge on any atom is 0.407 e. The highest BCUT2D eigenvalue weighted by Gasteiger charge is 2.28. The SMILES string of the molecule is CNC(=N)NCCC[C@@H](NC(=O)[C@H](N)CC(C)C)C(=O)N[C@H](CCCCNC(=O)OC(C)(C)C)C(=O)NCCOc1ccc2ccccc2c1-c1c(OCCC(C)C)ccc2ccccc12. The smallest absolute Gasteiger partial charge is 0.407 e. The Hall–Kier alpha value is -6.09. The van der Waals surface area contributed by atoms with E-state index in [1.54, 1.807) is 27.8 Å². The molecule has 0 saturated carbocycles. The van der Waals surface area contributed by atoms with Crippen LogP contribution in [0, 0.1) is 17.2 Å². The molecule has 9 N–H and O–H groups in total. The molecule has 0 fully saturated rings. The van der Waals surface area contributed by atoms with E-state index in [-0.39, 0.29) is 37.9 Å². The Balaban J connectivity index is 1.55. The molecule has 0 aliphatic heterocycles. The van der Waals surface area contributed by atoms with Gasteiger partial charge in [-0.3, -0.25) is 19.8 Å². The number of guanidine groups is 1. The fourth-order valence-corrected chi connectivity index (χ4v) is 7.41. The molecule has 0 spiro atoms. The number of hydrogen-bond acceptors (Lipinski definition) is 9. The van der Waals surface area contributed by atoms with Crippen molar-refractivity contribution in [2.45, 2.75) is 117 Å². The summed E-state index contributed by atoms with van der Waals surface area (Å²) in [5.41, 5.74) is 7.38. The average molecular weight is 911 g/mol. The summed E-state index contributed by atoms with van der Waals surface area (Å²) >= 11 is 0. The largest absolute Gasteiger partial charge is 0.493 e. The summed E-state index contributed by atoms with van der Waals surface area (Å²) in [6.45, 7) is 15.1. The van der Waals surface area contributed by atoms with Crippen LogP contribution in [0.3, 0.4) is 0 Å². The highest BCUT2D eigenvalue weighted by molar-refractivity contribution is 6.09. The molecule has 0 aliphatic rings. The fraction of sp³-hybridized carbons (Fsp3) is 0.510. The van der Waals surface area contributed by atoms with Gasteiger partial charge < -0.3 is 51.8 Å². The molecule has 15 nitrogen and oxygen atoms in total. The van der Waals surface area contributed by atoms with Crippen molar-refractivity contribution in [1.82, 2.24) is 31.9 Å². The number of alkyl carbamates (subject to hydrolysis) is 1. The van der Waals surface area contributed by atoms with Crippen LogP contribution in [0.25, 0.3) is 32.7 Å². The van der Waals surface area contributed by atoms with E-state index in [0.717, 1.165) is 44.8 Å². The van der Waals surface area contributed by atoms with Crippen LogP contribution in [0.4, 0.5) is 4.79 Å². The van der Waals surface area contributed by atoms with Gasteiger partial charge >= 0.3 is 6.09 Å². The first kappa shape index (κ1) is 52.5. The van der Waals surface area contributed by atoms with Gasteiger partial charge in [-0.2, -0.15) is 0 Å². The van der Waals surface area contributed by atoms with Crippen molar-refractivity contribution in [3.63, 3.8) is 0 Å². The van der Waals surface area contributed by atoms with Crippen molar-refractivity contribution in [3.8, 4) is 22.6 Å². The first-order chi connectivity index (χ1) is 31.5. The topological polar surface area (TPSA) is 218 Å². The summed E-state index contributed by atoms with van der Waals surface area (Å²) in [5.74, 6) is 0.731. The van der Waals surface area contributed by atoms with E-state index >= 15 is 0 Å². The first-order valence-electron chi connectivity index (χ1n) is 23.4. The number of unbranched alkanes of at least 4 members (excludes halogenated alkanes) is 1. The third-order valence-corrected chi connectivity index (χ3v) is 10.8. The molecule has 4 aromatic rings. The summed E-state index contributed by atoms with van der Waals surface area (Å²) in [6, 6.07) is 21.6. The molecular weight excluding hydrogens is 837 g/mol. The lowest BCUT2D eigenvalue weighted by atomic mass is 9.92. The molecule has 0 bridgehead atoms. The lowest BCUT2D eigenvalue weighted by molar-refractivity contribution is -0.132. The third kappa shape index (κ3) is 17.0. The maximum atomic E-state index is 14.0. The molecule has 4 aromatic carbocycles. The zero-order valence-electron chi connectivity index (χ0n) is 40.2. The molecule has 0 radical (unpaired) electrons. The molecule has 0 aromatic heterocycles. The fourth-order valence-electron chi connectivity index (χ4n) is 7.41. The summed E-state index contributed by atoms with van der Waals surface area (Å²) in [5, 5.41) is 29.0. The van der Waals surface area contributed by atoms with Gasteiger partial charge in [0.05, 0.1) is 19.2 Å². The van der Waals surface area contributed by atoms with E-state index in [9.17, 15) is 19.2 Å². The van der Waals surface area contributed by atoms with Gasteiger partial charge in [0.15, 0.2) is 5.96 Å². The number of ether oxygens (including phenoxy) is 3. The van der Waals surface area contributed by atoms with Crippen LogP contribution >= 0.6 is 0 Å². The first-order valence-corrected chi connectivity index (χ1v) is 23.4. The van der Waals surface area contributed by atoms with E-state index in [0.29, 0.717) is 57.0 Å². The van der Waals surface area contributed by atoms with Gasteiger partial charge in [-0.25, -0.2) is 4.79 Å². The Bertz CT molecular complexity index is 2220. The maximum absolute atomic E-state index is 14.0. The molecule has 0 aliphatic carbocycles. The monoisotopic (exact) mass is 911 g/mol. The summed E-state index contributed by atoms with van der Waals surface area (Å²) in [6.07, 6.45) is 2.70. The minimum Gasteiger partial charge on any atom is -0.493 e. The second-order valence-corrected chi connectivity index (χ2v) is 18.5. The number of hydrogen-bond donors (Lipinski definition) is 8. The summed E-state index contributed by atoms with van der Waals surface area (Å²) < 4.78 is 18.4. The summed E-state index contributed by atoms with van der Waals surface area (Å²) in [7, 11) is 1.63. The number of rotatable bonds is 25. The van der Waals surface area contributed by atoms with Gasteiger partial charge in [-0.15, -0.1) is 0 Å². The number of fused-ring (bicyclic) bond motifs is 2. The number of carbonyl (C=O) groups is 4. The molecule has 4 amide bonds. The predicted molar refractivity (Wildman–Crippen MR) is 264 cm³/mol. The van der Waals surface area contributed by atoms with Crippen LogP contribution in [0.2, 0.25) is 0 Å². The van der Waals surface area contributed by atoms with Crippen molar-refractivity contribution in [1.29, 1.82) is 5.41 Å². The summed E-state index contributed by atoms with van der Waals surface area (Å²) in [4.78, 5) is 53.5. The normalized spacial score (nSPS) is 12.8. The van der Waals surface area contributed by atoms with Crippen molar-refractivity contribution < 1.29 is 33.4 Å². The second kappa shape index (κ2) is 26.2. The Morgan fingerprint density at radius 1 is 0.621 bits per heavy atom. The number of amides is 4. The number of carbonyl (C=O) groups excluding carboxylic acids is 4. The number of benzene rings is 4. The minimum absolute atomic E-state index is 0.118.